The normalized spacial score (nSPS) is 11.6. The summed E-state index contributed by atoms with van der Waals surface area (Å²) in [5.74, 6) is -0.192. The molecular formula is C12H20N3O3S+. The number of amides is 1. The van der Waals surface area contributed by atoms with Crippen molar-refractivity contribution >= 4 is 21.6 Å². The minimum Gasteiger partial charge on any atom is -0.339 e. The molecule has 0 radical (unpaired) electrons. The molecule has 0 atom stereocenters. The molecular weight excluding hydrogens is 266 g/mol. The molecule has 0 heterocycles. The number of nitrogens with one attached hydrogen (secondary N) is 3. The van der Waals surface area contributed by atoms with Gasteiger partial charge in [0.15, 0.2) is 0 Å². The number of rotatable bonds is 6. The van der Waals surface area contributed by atoms with E-state index in [1.807, 2.05) is 14.1 Å². The van der Waals surface area contributed by atoms with Gasteiger partial charge in [-0.3, -0.25) is 4.79 Å². The third-order valence-electron chi connectivity index (χ3n) is 2.40. The smallest absolute Gasteiger partial charge is 0.240 e. The second-order valence-corrected chi connectivity index (χ2v) is 6.33. The highest BCUT2D eigenvalue weighted by molar-refractivity contribution is 7.89. The Bertz CT molecular complexity index is 524. The van der Waals surface area contributed by atoms with Crippen molar-refractivity contribution in [1.82, 2.24) is 4.72 Å². The van der Waals surface area contributed by atoms with E-state index < -0.39 is 10.0 Å². The van der Waals surface area contributed by atoms with E-state index in [1.54, 1.807) is 12.1 Å². The van der Waals surface area contributed by atoms with E-state index in [4.69, 9.17) is 0 Å². The molecule has 0 saturated carbocycles. The Morgan fingerprint density at radius 1 is 1.21 bits per heavy atom. The number of hydrogen-bond acceptors (Lipinski definition) is 3. The van der Waals surface area contributed by atoms with Crippen molar-refractivity contribution in [3.05, 3.63) is 24.3 Å². The summed E-state index contributed by atoms with van der Waals surface area (Å²) in [6.45, 7) is 2.50. The number of carbonyl (C=O) groups excluding carboxylic acids is 1. The van der Waals surface area contributed by atoms with Crippen LogP contribution in [0.2, 0.25) is 0 Å². The van der Waals surface area contributed by atoms with E-state index in [1.165, 1.54) is 24.0 Å². The minimum atomic E-state index is -3.48. The van der Waals surface area contributed by atoms with E-state index in [0.717, 1.165) is 0 Å². The fourth-order valence-corrected chi connectivity index (χ4v) is 2.47. The average molecular weight is 286 g/mol. The van der Waals surface area contributed by atoms with Crippen LogP contribution in [0.1, 0.15) is 6.92 Å². The molecule has 1 aromatic carbocycles. The maximum Gasteiger partial charge on any atom is 0.240 e. The van der Waals surface area contributed by atoms with E-state index in [-0.39, 0.29) is 10.8 Å². The van der Waals surface area contributed by atoms with Gasteiger partial charge >= 0.3 is 0 Å². The maximum atomic E-state index is 11.9. The topological polar surface area (TPSA) is 79.7 Å². The van der Waals surface area contributed by atoms with Crippen molar-refractivity contribution in [3.8, 4) is 0 Å². The number of benzene rings is 1. The third kappa shape index (κ3) is 5.37. The van der Waals surface area contributed by atoms with Crippen LogP contribution in [0.25, 0.3) is 0 Å². The van der Waals surface area contributed by atoms with Gasteiger partial charge in [-0.1, -0.05) is 0 Å². The monoisotopic (exact) mass is 286 g/mol. The van der Waals surface area contributed by atoms with E-state index in [0.29, 0.717) is 18.8 Å². The molecule has 6 nitrogen and oxygen atoms in total. The van der Waals surface area contributed by atoms with Crippen LogP contribution in [0.15, 0.2) is 29.2 Å². The zero-order valence-corrected chi connectivity index (χ0v) is 12.2. The molecule has 0 saturated heterocycles. The summed E-state index contributed by atoms with van der Waals surface area (Å²) in [7, 11) is 0.433. The van der Waals surface area contributed by atoms with Crippen molar-refractivity contribution in [2.24, 2.45) is 0 Å². The molecule has 0 aromatic heterocycles. The Morgan fingerprint density at radius 2 is 1.79 bits per heavy atom. The fraction of sp³-hybridized carbons (Fsp3) is 0.417. The molecule has 1 rings (SSSR count). The lowest BCUT2D eigenvalue weighted by Gasteiger charge is -2.09. The van der Waals surface area contributed by atoms with Crippen LogP contribution in [0, 0.1) is 0 Å². The van der Waals surface area contributed by atoms with Crippen molar-refractivity contribution in [2.45, 2.75) is 11.8 Å². The van der Waals surface area contributed by atoms with Gasteiger partial charge in [0.2, 0.25) is 15.9 Å². The van der Waals surface area contributed by atoms with Crippen molar-refractivity contribution in [1.29, 1.82) is 0 Å². The van der Waals surface area contributed by atoms with Gasteiger partial charge < -0.3 is 10.2 Å². The highest BCUT2D eigenvalue weighted by Crippen LogP contribution is 2.13. The predicted molar refractivity (Wildman–Crippen MR) is 73.6 cm³/mol. The standard InChI is InChI=1S/C12H19N3O3S/c1-10(16)14-11-4-6-12(7-5-11)19(17,18)13-8-9-15(2)3/h4-7,13H,8-9H2,1-3H3,(H,14,16)/p+1. The summed E-state index contributed by atoms with van der Waals surface area (Å²) >= 11 is 0. The van der Waals surface area contributed by atoms with Crippen molar-refractivity contribution in [3.63, 3.8) is 0 Å². The zero-order valence-electron chi connectivity index (χ0n) is 11.4. The van der Waals surface area contributed by atoms with Crippen molar-refractivity contribution in [2.75, 3.05) is 32.5 Å². The van der Waals surface area contributed by atoms with Gasteiger partial charge in [-0.25, -0.2) is 13.1 Å². The van der Waals surface area contributed by atoms with Crippen LogP contribution in [0.3, 0.4) is 0 Å². The van der Waals surface area contributed by atoms with E-state index in [9.17, 15) is 13.2 Å². The SMILES string of the molecule is CC(=O)Nc1ccc(S(=O)(=O)NCC[NH+](C)C)cc1. The second-order valence-electron chi connectivity index (χ2n) is 4.56. The van der Waals surface area contributed by atoms with E-state index in [2.05, 4.69) is 10.0 Å². The predicted octanol–water partition coefficient (Wildman–Crippen LogP) is -0.932. The number of quaternary nitrogens is 1. The van der Waals surface area contributed by atoms with Gasteiger partial charge in [0.05, 0.1) is 32.1 Å². The van der Waals surface area contributed by atoms with E-state index >= 15 is 0 Å². The van der Waals surface area contributed by atoms with Gasteiger partial charge in [-0.15, -0.1) is 0 Å². The molecule has 0 unspecified atom stereocenters. The Hall–Kier alpha value is -1.44. The molecule has 7 heteroatoms. The molecule has 0 aliphatic heterocycles. The largest absolute Gasteiger partial charge is 0.339 e. The van der Waals surface area contributed by atoms with Gasteiger partial charge in [0.25, 0.3) is 0 Å². The van der Waals surface area contributed by atoms with Crippen molar-refractivity contribution < 1.29 is 18.1 Å². The highest BCUT2D eigenvalue weighted by atomic mass is 32.2. The molecule has 1 amide bonds. The van der Waals surface area contributed by atoms with Gasteiger partial charge in [-0.05, 0) is 24.3 Å². The molecule has 1 aromatic rings. The fourth-order valence-electron chi connectivity index (χ4n) is 1.44. The first kappa shape index (κ1) is 15.6. The summed E-state index contributed by atoms with van der Waals surface area (Å²) in [5, 5.41) is 2.58. The lowest BCUT2D eigenvalue weighted by molar-refractivity contribution is -0.856. The van der Waals surface area contributed by atoms with Crippen LogP contribution in [-0.4, -0.2) is 41.5 Å². The first-order chi connectivity index (χ1) is 8.81. The molecule has 106 valence electrons. The molecule has 3 N–H and O–H groups in total. The Balaban J connectivity index is 2.70. The number of anilines is 1. The van der Waals surface area contributed by atoms with Crippen LogP contribution >= 0.6 is 0 Å². The third-order valence-corrected chi connectivity index (χ3v) is 3.88. The lowest BCUT2D eigenvalue weighted by Crippen LogP contribution is -3.06. The van der Waals surface area contributed by atoms with Crippen LogP contribution in [0.4, 0.5) is 5.69 Å². The molecule has 0 fully saturated rings. The summed E-state index contributed by atoms with van der Waals surface area (Å²) in [6.07, 6.45) is 0. The molecule has 0 aliphatic rings. The van der Waals surface area contributed by atoms with Gasteiger partial charge in [0.1, 0.15) is 0 Å². The first-order valence-electron chi connectivity index (χ1n) is 5.97. The van der Waals surface area contributed by atoms with Crippen LogP contribution < -0.4 is 14.9 Å². The Labute approximate surface area is 113 Å². The zero-order chi connectivity index (χ0) is 14.5. The Morgan fingerprint density at radius 3 is 2.26 bits per heavy atom. The summed E-state index contributed by atoms with van der Waals surface area (Å²) < 4.78 is 26.4. The Kier molecular flexibility index (Phi) is 5.46. The van der Waals surface area contributed by atoms with Crippen LogP contribution in [-0.2, 0) is 14.8 Å². The van der Waals surface area contributed by atoms with Gasteiger partial charge in [0, 0.05) is 12.6 Å². The lowest BCUT2D eigenvalue weighted by atomic mass is 10.3. The summed E-state index contributed by atoms with van der Waals surface area (Å²) in [4.78, 5) is 12.2. The molecule has 0 spiro atoms. The molecule has 19 heavy (non-hydrogen) atoms. The second kappa shape index (κ2) is 6.65. The minimum absolute atomic E-state index is 0.190. The number of hydrogen-bond donors (Lipinski definition) is 3. The summed E-state index contributed by atoms with van der Waals surface area (Å²) in [6, 6.07) is 6.06. The number of likely N-dealkylation sites (N-methyl/N-ethyl adjacent to an activating group) is 1. The first-order valence-corrected chi connectivity index (χ1v) is 7.46. The average Bonchev–Trinajstić information content (AvgIpc) is 2.28. The molecule has 0 bridgehead atoms. The number of carbonyl (C=O) groups is 1. The quantitative estimate of drug-likeness (QED) is 0.632. The maximum absolute atomic E-state index is 11.9. The summed E-state index contributed by atoms with van der Waals surface area (Å²) in [5.41, 5.74) is 0.573. The highest BCUT2D eigenvalue weighted by Gasteiger charge is 2.13. The van der Waals surface area contributed by atoms with Gasteiger partial charge in [-0.2, -0.15) is 0 Å². The molecule has 0 aliphatic carbocycles. The van der Waals surface area contributed by atoms with Crippen LogP contribution in [0.5, 0.6) is 0 Å². The number of sulfonamides is 1.